The van der Waals surface area contributed by atoms with E-state index in [2.05, 4.69) is 26.3 Å². The van der Waals surface area contributed by atoms with E-state index in [9.17, 15) is 18.3 Å². The van der Waals surface area contributed by atoms with Crippen LogP contribution in [-0.4, -0.2) is 35.0 Å². The molecule has 0 saturated carbocycles. The summed E-state index contributed by atoms with van der Waals surface area (Å²) in [4.78, 5) is 12.5. The highest BCUT2D eigenvalue weighted by molar-refractivity contribution is 9.10. The third kappa shape index (κ3) is 4.38. The number of sulfone groups is 1. The van der Waals surface area contributed by atoms with E-state index in [-0.39, 0.29) is 27.8 Å². The van der Waals surface area contributed by atoms with Crippen molar-refractivity contribution in [3.05, 3.63) is 57.7 Å². The molecule has 0 aliphatic heterocycles. The van der Waals surface area contributed by atoms with Crippen LogP contribution in [-0.2, 0) is 16.4 Å². The third-order valence-electron chi connectivity index (χ3n) is 4.44. The molecule has 3 aromatic rings. The summed E-state index contributed by atoms with van der Waals surface area (Å²) in [6.07, 6.45) is 0. The van der Waals surface area contributed by atoms with Crippen LogP contribution in [0.15, 0.2) is 44.1 Å². The molecule has 3 rings (SSSR count). The van der Waals surface area contributed by atoms with Gasteiger partial charge in [-0.2, -0.15) is 5.10 Å². The lowest BCUT2D eigenvalue weighted by atomic mass is 10.3. The molecule has 154 valence electrons. The number of phenolic OH excluding ortho intramolecular Hbond substituents is 1. The van der Waals surface area contributed by atoms with E-state index in [1.807, 2.05) is 13.8 Å². The fourth-order valence-electron chi connectivity index (χ4n) is 2.72. The first-order valence-electron chi connectivity index (χ1n) is 8.77. The van der Waals surface area contributed by atoms with Crippen LogP contribution in [0.3, 0.4) is 0 Å². The Morgan fingerprint density at radius 2 is 2.00 bits per heavy atom. The number of hydrogen-bond acceptors (Lipinski definition) is 6. The predicted octanol–water partition coefficient (Wildman–Crippen LogP) is 3.66. The second-order valence-electron chi connectivity index (χ2n) is 6.44. The first-order valence-corrected chi connectivity index (χ1v) is 11.2. The SMILES string of the molecule is CCS(=O)(=O)c1ccc(O)c(NC(=O)c2ccc(Cn3nc(C)c(Br)c3C)o2)c1. The summed E-state index contributed by atoms with van der Waals surface area (Å²) < 4.78 is 32.3. The van der Waals surface area contributed by atoms with Gasteiger partial charge in [0, 0.05) is 0 Å². The zero-order chi connectivity index (χ0) is 21.3. The monoisotopic (exact) mass is 481 g/mol. The number of carbonyl (C=O) groups is 1. The molecule has 0 bridgehead atoms. The largest absolute Gasteiger partial charge is 0.506 e. The maximum Gasteiger partial charge on any atom is 0.291 e. The molecule has 0 fully saturated rings. The summed E-state index contributed by atoms with van der Waals surface area (Å²) in [5.41, 5.74) is 1.78. The summed E-state index contributed by atoms with van der Waals surface area (Å²) in [6, 6.07) is 6.92. The van der Waals surface area contributed by atoms with Crippen molar-refractivity contribution in [2.75, 3.05) is 11.1 Å². The van der Waals surface area contributed by atoms with Crippen LogP contribution in [0.2, 0.25) is 0 Å². The van der Waals surface area contributed by atoms with Crippen LogP contribution >= 0.6 is 15.9 Å². The Kier molecular flexibility index (Phi) is 5.85. The van der Waals surface area contributed by atoms with Gasteiger partial charge in [-0.3, -0.25) is 9.48 Å². The van der Waals surface area contributed by atoms with Crippen LogP contribution in [0.1, 0.15) is 34.6 Å². The quantitative estimate of drug-likeness (QED) is 0.519. The van der Waals surface area contributed by atoms with E-state index in [0.29, 0.717) is 12.3 Å². The number of anilines is 1. The van der Waals surface area contributed by atoms with E-state index in [0.717, 1.165) is 15.9 Å². The molecule has 10 heteroatoms. The number of phenols is 1. The number of aromatic hydroxyl groups is 1. The van der Waals surface area contributed by atoms with E-state index in [4.69, 9.17) is 4.42 Å². The van der Waals surface area contributed by atoms with Gasteiger partial charge in [0.1, 0.15) is 11.5 Å². The number of aromatic nitrogens is 2. The molecular weight excluding hydrogens is 462 g/mol. The molecule has 0 aliphatic carbocycles. The Morgan fingerprint density at radius 1 is 1.28 bits per heavy atom. The van der Waals surface area contributed by atoms with Crippen LogP contribution in [0.4, 0.5) is 5.69 Å². The maximum absolute atomic E-state index is 12.5. The third-order valence-corrected chi connectivity index (χ3v) is 7.32. The van der Waals surface area contributed by atoms with Crippen LogP contribution in [0.5, 0.6) is 5.75 Å². The predicted molar refractivity (Wildman–Crippen MR) is 111 cm³/mol. The zero-order valence-corrected chi connectivity index (χ0v) is 18.5. The molecular formula is C19H20BrN3O5S. The number of carbonyl (C=O) groups excluding carboxylic acids is 1. The Bertz CT molecular complexity index is 1180. The van der Waals surface area contributed by atoms with E-state index < -0.39 is 15.7 Å². The summed E-state index contributed by atoms with van der Waals surface area (Å²) in [7, 11) is -3.47. The fraction of sp³-hybridized carbons (Fsp3) is 0.263. The lowest BCUT2D eigenvalue weighted by Gasteiger charge is -2.09. The second kappa shape index (κ2) is 8.03. The number of nitrogens with zero attached hydrogens (tertiary/aromatic N) is 2. The van der Waals surface area contributed by atoms with Crippen molar-refractivity contribution in [2.45, 2.75) is 32.2 Å². The highest BCUT2D eigenvalue weighted by Gasteiger charge is 2.18. The van der Waals surface area contributed by atoms with Crippen LogP contribution in [0.25, 0.3) is 0 Å². The Hall–Kier alpha value is -2.59. The molecule has 1 aromatic carbocycles. The molecule has 2 N–H and O–H groups in total. The summed E-state index contributed by atoms with van der Waals surface area (Å²) in [6.45, 7) is 5.67. The molecule has 0 radical (unpaired) electrons. The average Bonchev–Trinajstić information content (AvgIpc) is 3.24. The van der Waals surface area contributed by atoms with Gasteiger partial charge in [0.15, 0.2) is 15.6 Å². The van der Waals surface area contributed by atoms with Gasteiger partial charge in [0.25, 0.3) is 5.91 Å². The number of hydrogen-bond donors (Lipinski definition) is 2. The summed E-state index contributed by atoms with van der Waals surface area (Å²) in [5, 5.41) is 16.9. The van der Waals surface area contributed by atoms with Crippen molar-refractivity contribution in [2.24, 2.45) is 0 Å². The second-order valence-corrected chi connectivity index (χ2v) is 9.52. The minimum Gasteiger partial charge on any atom is -0.506 e. The molecule has 0 unspecified atom stereocenters. The Balaban J connectivity index is 1.79. The van der Waals surface area contributed by atoms with Crippen molar-refractivity contribution in [3.8, 4) is 5.75 Å². The number of aryl methyl sites for hydroxylation is 1. The first-order chi connectivity index (χ1) is 13.6. The Labute approximate surface area is 176 Å². The normalized spacial score (nSPS) is 11.6. The highest BCUT2D eigenvalue weighted by atomic mass is 79.9. The van der Waals surface area contributed by atoms with Crippen molar-refractivity contribution in [3.63, 3.8) is 0 Å². The average molecular weight is 482 g/mol. The topological polar surface area (TPSA) is 114 Å². The number of rotatable bonds is 6. The molecule has 0 saturated heterocycles. The smallest absolute Gasteiger partial charge is 0.291 e. The maximum atomic E-state index is 12.5. The van der Waals surface area contributed by atoms with Crippen molar-refractivity contribution < 1.29 is 22.7 Å². The van der Waals surface area contributed by atoms with E-state index in [1.165, 1.54) is 31.2 Å². The Morgan fingerprint density at radius 3 is 2.62 bits per heavy atom. The summed E-state index contributed by atoms with van der Waals surface area (Å²) in [5.74, 6) is -0.377. The molecule has 29 heavy (non-hydrogen) atoms. The molecule has 0 atom stereocenters. The number of furan rings is 1. The lowest BCUT2D eigenvalue weighted by molar-refractivity contribution is 0.0994. The molecule has 2 heterocycles. The van der Waals surface area contributed by atoms with E-state index >= 15 is 0 Å². The van der Waals surface area contributed by atoms with Gasteiger partial charge < -0.3 is 14.8 Å². The minimum absolute atomic E-state index is 0.00930. The van der Waals surface area contributed by atoms with Crippen molar-refractivity contribution in [1.82, 2.24) is 9.78 Å². The van der Waals surface area contributed by atoms with Gasteiger partial charge >= 0.3 is 0 Å². The highest BCUT2D eigenvalue weighted by Crippen LogP contribution is 2.28. The van der Waals surface area contributed by atoms with Crippen LogP contribution < -0.4 is 5.32 Å². The van der Waals surface area contributed by atoms with Crippen molar-refractivity contribution >= 4 is 37.4 Å². The van der Waals surface area contributed by atoms with Gasteiger partial charge in [0.05, 0.1) is 38.7 Å². The standard InChI is InChI=1S/C19H20BrN3O5S/c1-4-29(26,27)14-6-7-16(24)15(9-14)21-19(25)17-8-5-13(28-17)10-23-12(3)18(20)11(2)22-23/h5-9,24H,4,10H2,1-3H3,(H,21,25). The summed E-state index contributed by atoms with van der Waals surface area (Å²) >= 11 is 3.47. The van der Waals surface area contributed by atoms with Gasteiger partial charge in [-0.1, -0.05) is 6.92 Å². The molecule has 0 aliphatic rings. The number of nitrogens with one attached hydrogen (secondary N) is 1. The molecule has 0 spiro atoms. The molecule has 1 amide bonds. The van der Waals surface area contributed by atoms with Crippen molar-refractivity contribution in [1.29, 1.82) is 0 Å². The van der Waals surface area contributed by atoms with Gasteiger partial charge in [-0.15, -0.1) is 0 Å². The number of halogens is 1. The fourth-order valence-corrected chi connectivity index (χ4v) is 3.91. The molecule has 2 aromatic heterocycles. The van der Waals surface area contributed by atoms with Gasteiger partial charge in [-0.25, -0.2) is 8.42 Å². The van der Waals surface area contributed by atoms with E-state index in [1.54, 1.807) is 10.7 Å². The number of benzene rings is 1. The van der Waals surface area contributed by atoms with Gasteiger partial charge in [-0.05, 0) is 60.1 Å². The minimum atomic E-state index is -3.47. The first kappa shape index (κ1) is 21.1. The zero-order valence-electron chi connectivity index (χ0n) is 16.1. The lowest BCUT2D eigenvalue weighted by Crippen LogP contribution is -2.12. The molecule has 8 nitrogen and oxygen atoms in total. The van der Waals surface area contributed by atoms with Gasteiger partial charge in [0.2, 0.25) is 0 Å². The van der Waals surface area contributed by atoms with Crippen LogP contribution in [0, 0.1) is 13.8 Å². The number of amides is 1.